The van der Waals surface area contributed by atoms with E-state index in [1.54, 1.807) is 26.3 Å². The molecule has 1 aromatic carbocycles. The van der Waals surface area contributed by atoms with E-state index in [1.165, 1.54) is 23.9 Å². The Bertz CT molecular complexity index is 548. The molecule has 0 radical (unpaired) electrons. The molecule has 0 saturated carbocycles. The van der Waals surface area contributed by atoms with Crippen molar-refractivity contribution in [2.24, 2.45) is 0 Å². The van der Waals surface area contributed by atoms with Gasteiger partial charge in [0.1, 0.15) is 23.3 Å². The topological polar surface area (TPSA) is 47.0 Å². The molecule has 0 unspecified atom stereocenters. The molecule has 1 aromatic heterocycles. The number of ether oxygens (including phenoxy) is 1. The summed E-state index contributed by atoms with van der Waals surface area (Å²) in [5, 5.41) is 3.77. The molecule has 100 valence electrons. The maximum atomic E-state index is 12.8. The van der Waals surface area contributed by atoms with Crippen molar-refractivity contribution in [2.45, 2.75) is 16.5 Å². The molecule has 19 heavy (non-hydrogen) atoms. The van der Waals surface area contributed by atoms with Gasteiger partial charge in [0.15, 0.2) is 5.82 Å². The fraction of sp³-hybridized carbons (Fsp3) is 0.231. The molecular formula is C13H14FN3OS. The second-order valence-electron chi connectivity index (χ2n) is 3.75. The average Bonchev–Trinajstić information content (AvgIpc) is 2.41. The van der Waals surface area contributed by atoms with Crippen molar-refractivity contribution in [1.29, 1.82) is 0 Å². The molecule has 1 heterocycles. The van der Waals surface area contributed by atoms with Crippen molar-refractivity contribution in [3.8, 4) is 0 Å². The molecule has 4 nitrogen and oxygen atoms in total. The van der Waals surface area contributed by atoms with Gasteiger partial charge in [-0.25, -0.2) is 14.4 Å². The van der Waals surface area contributed by atoms with Crippen molar-refractivity contribution < 1.29 is 9.13 Å². The summed E-state index contributed by atoms with van der Waals surface area (Å²) in [4.78, 5) is 9.58. The Labute approximate surface area is 115 Å². The Morgan fingerprint density at radius 2 is 2.00 bits per heavy atom. The van der Waals surface area contributed by atoms with Crippen molar-refractivity contribution in [3.05, 3.63) is 42.0 Å². The van der Waals surface area contributed by atoms with Crippen LogP contribution in [0.2, 0.25) is 0 Å². The van der Waals surface area contributed by atoms with Crippen LogP contribution in [0.4, 0.5) is 10.2 Å². The van der Waals surface area contributed by atoms with Crippen molar-refractivity contribution in [1.82, 2.24) is 9.97 Å². The molecule has 2 aromatic rings. The lowest BCUT2D eigenvalue weighted by molar-refractivity contribution is 0.177. The highest BCUT2D eigenvalue weighted by Gasteiger charge is 2.06. The van der Waals surface area contributed by atoms with Gasteiger partial charge in [0.25, 0.3) is 0 Å². The molecule has 0 spiro atoms. The number of methoxy groups -OCH3 is 1. The fourth-order valence-electron chi connectivity index (χ4n) is 1.47. The van der Waals surface area contributed by atoms with E-state index in [0.29, 0.717) is 12.4 Å². The quantitative estimate of drug-likeness (QED) is 0.853. The lowest BCUT2D eigenvalue weighted by Crippen LogP contribution is -2.02. The van der Waals surface area contributed by atoms with Gasteiger partial charge in [-0.15, -0.1) is 0 Å². The van der Waals surface area contributed by atoms with Gasteiger partial charge in [0.05, 0.1) is 0 Å². The first-order valence-electron chi connectivity index (χ1n) is 5.69. The first kappa shape index (κ1) is 13.8. The third kappa shape index (κ3) is 3.90. The Kier molecular flexibility index (Phi) is 4.70. The number of nitrogens with zero attached hydrogens (tertiary/aromatic N) is 2. The van der Waals surface area contributed by atoms with Gasteiger partial charge in [-0.3, -0.25) is 0 Å². The minimum atomic E-state index is -0.247. The third-order valence-corrected chi connectivity index (χ3v) is 3.24. The number of halogens is 1. The van der Waals surface area contributed by atoms with Crippen LogP contribution < -0.4 is 5.32 Å². The Morgan fingerprint density at radius 1 is 1.26 bits per heavy atom. The molecule has 0 bridgehead atoms. The largest absolute Gasteiger partial charge is 0.377 e. The fourth-order valence-corrected chi connectivity index (χ4v) is 2.31. The lowest BCUT2D eigenvalue weighted by atomic mass is 10.4. The third-order valence-electron chi connectivity index (χ3n) is 2.31. The molecule has 0 atom stereocenters. The predicted octanol–water partition coefficient (Wildman–Crippen LogP) is 2.96. The van der Waals surface area contributed by atoms with E-state index in [1.807, 2.05) is 6.07 Å². The van der Waals surface area contributed by atoms with Gasteiger partial charge in [0, 0.05) is 25.1 Å². The smallest absolute Gasteiger partial charge is 0.157 e. The highest BCUT2D eigenvalue weighted by Crippen LogP contribution is 2.27. The SMILES string of the molecule is CNc1cc(Sc2ccc(F)cc2)nc(COC)n1. The van der Waals surface area contributed by atoms with Gasteiger partial charge < -0.3 is 10.1 Å². The standard InChI is InChI=1S/C13H14FN3OS/c1-15-11-7-13(17-12(16-11)8-18-2)19-10-5-3-9(14)4-6-10/h3-7H,8H2,1-2H3,(H,15,16,17). The summed E-state index contributed by atoms with van der Waals surface area (Å²) in [7, 11) is 3.40. The van der Waals surface area contributed by atoms with E-state index in [9.17, 15) is 4.39 Å². The number of benzene rings is 1. The van der Waals surface area contributed by atoms with Crippen LogP contribution in [0.5, 0.6) is 0 Å². The molecule has 1 N–H and O–H groups in total. The van der Waals surface area contributed by atoms with E-state index >= 15 is 0 Å². The van der Waals surface area contributed by atoms with Crippen LogP contribution in [0.15, 0.2) is 40.3 Å². The maximum absolute atomic E-state index is 12.8. The Morgan fingerprint density at radius 3 is 2.63 bits per heavy atom. The van der Waals surface area contributed by atoms with E-state index in [4.69, 9.17) is 4.74 Å². The zero-order valence-corrected chi connectivity index (χ0v) is 11.5. The van der Waals surface area contributed by atoms with Gasteiger partial charge in [-0.05, 0) is 24.3 Å². The highest BCUT2D eigenvalue weighted by molar-refractivity contribution is 7.99. The van der Waals surface area contributed by atoms with Crippen LogP contribution in [0.3, 0.4) is 0 Å². The monoisotopic (exact) mass is 279 g/mol. The summed E-state index contributed by atoms with van der Waals surface area (Å²) in [6, 6.07) is 8.14. The summed E-state index contributed by atoms with van der Waals surface area (Å²) < 4.78 is 17.9. The van der Waals surface area contributed by atoms with Crippen molar-refractivity contribution >= 4 is 17.6 Å². The summed E-state index contributed by atoms with van der Waals surface area (Å²) in [5.41, 5.74) is 0. The van der Waals surface area contributed by atoms with Crippen LogP contribution in [0.25, 0.3) is 0 Å². The summed E-state index contributed by atoms with van der Waals surface area (Å²) in [6.45, 7) is 0.354. The Hall–Kier alpha value is -1.66. The minimum absolute atomic E-state index is 0.247. The number of anilines is 1. The molecule has 0 saturated heterocycles. The lowest BCUT2D eigenvalue weighted by Gasteiger charge is -2.07. The molecule has 2 rings (SSSR count). The van der Waals surface area contributed by atoms with E-state index in [-0.39, 0.29) is 5.82 Å². The van der Waals surface area contributed by atoms with Gasteiger partial charge in [0.2, 0.25) is 0 Å². The molecule has 0 fully saturated rings. The number of hydrogen-bond donors (Lipinski definition) is 1. The molecule has 6 heteroatoms. The first-order chi connectivity index (χ1) is 9.21. The molecule has 0 aliphatic carbocycles. The minimum Gasteiger partial charge on any atom is -0.377 e. The second-order valence-corrected chi connectivity index (χ2v) is 4.84. The van der Waals surface area contributed by atoms with E-state index < -0.39 is 0 Å². The Balaban J connectivity index is 2.23. The second kappa shape index (κ2) is 6.49. The first-order valence-corrected chi connectivity index (χ1v) is 6.51. The van der Waals surface area contributed by atoms with Crippen LogP contribution in [-0.2, 0) is 11.3 Å². The highest BCUT2D eigenvalue weighted by atomic mass is 32.2. The predicted molar refractivity (Wildman–Crippen MR) is 72.8 cm³/mol. The van der Waals surface area contributed by atoms with Crippen molar-refractivity contribution in [3.63, 3.8) is 0 Å². The van der Waals surface area contributed by atoms with Crippen LogP contribution in [0, 0.1) is 5.82 Å². The number of hydrogen-bond acceptors (Lipinski definition) is 5. The maximum Gasteiger partial charge on any atom is 0.157 e. The summed E-state index contributed by atoms with van der Waals surface area (Å²) >= 11 is 1.45. The van der Waals surface area contributed by atoms with Crippen LogP contribution >= 0.6 is 11.8 Å². The zero-order chi connectivity index (χ0) is 13.7. The number of nitrogens with one attached hydrogen (secondary N) is 1. The molecule has 0 amide bonds. The zero-order valence-electron chi connectivity index (χ0n) is 10.7. The molecule has 0 aliphatic rings. The van der Waals surface area contributed by atoms with Gasteiger partial charge in [-0.2, -0.15) is 0 Å². The van der Waals surface area contributed by atoms with Gasteiger partial charge >= 0.3 is 0 Å². The molecular weight excluding hydrogens is 265 g/mol. The van der Waals surface area contributed by atoms with Crippen LogP contribution in [0.1, 0.15) is 5.82 Å². The van der Waals surface area contributed by atoms with Crippen molar-refractivity contribution in [2.75, 3.05) is 19.5 Å². The van der Waals surface area contributed by atoms with Gasteiger partial charge in [-0.1, -0.05) is 11.8 Å². The van der Waals surface area contributed by atoms with E-state index in [0.717, 1.165) is 15.7 Å². The number of aromatic nitrogens is 2. The number of rotatable bonds is 5. The summed E-state index contributed by atoms with van der Waals surface area (Å²) in [5.74, 6) is 1.09. The average molecular weight is 279 g/mol. The normalized spacial score (nSPS) is 10.5. The van der Waals surface area contributed by atoms with Crippen LogP contribution in [-0.4, -0.2) is 24.1 Å². The molecule has 0 aliphatic heterocycles. The van der Waals surface area contributed by atoms with E-state index in [2.05, 4.69) is 15.3 Å². The summed E-state index contributed by atoms with van der Waals surface area (Å²) in [6.07, 6.45) is 0.